The van der Waals surface area contributed by atoms with Gasteiger partial charge in [0, 0.05) is 24.4 Å². The second-order valence-corrected chi connectivity index (χ2v) is 7.53. The lowest BCUT2D eigenvalue weighted by Gasteiger charge is -2.19. The summed E-state index contributed by atoms with van der Waals surface area (Å²) in [7, 11) is 0. The predicted molar refractivity (Wildman–Crippen MR) is 84.4 cm³/mol. The van der Waals surface area contributed by atoms with E-state index in [0.717, 1.165) is 8.66 Å². The molecule has 20 heavy (non-hydrogen) atoms. The van der Waals surface area contributed by atoms with Crippen LogP contribution >= 0.6 is 27.3 Å². The van der Waals surface area contributed by atoms with Crippen LogP contribution in [0.25, 0.3) is 0 Å². The average Bonchev–Trinajstić information content (AvgIpc) is 3.03. The normalized spacial score (nSPS) is 15.2. The molecular weight excluding hydrogens is 336 g/mol. The van der Waals surface area contributed by atoms with Crippen molar-refractivity contribution in [1.82, 2.24) is 4.90 Å². The van der Waals surface area contributed by atoms with E-state index in [1.165, 1.54) is 11.1 Å². The Labute approximate surface area is 130 Å². The zero-order valence-electron chi connectivity index (χ0n) is 10.9. The highest BCUT2D eigenvalue weighted by Crippen LogP contribution is 2.25. The van der Waals surface area contributed by atoms with Gasteiger partial charge in [-0.3, -0.25) is 4.79 Å². The molecule has 0 unspecified atom stereocenters. The molecule has 0 aliphatic carbocycles. The largest absolute Gasteiger partial charge is 0.333 e. The van der Waals surface area contributed by atoms with Crippen LogP contribution in [0.4, 0.5) is 0 Å². The van der Waals surface area contributed by atoms with E-state index in [9.17, 15) is 4.79 Å². The van der Waals surface area contributed by atoms with Crippen LogP contribution in [-0.4, -0.2) is 16.8 Å². The summed E-state index contributed by atoms with van der Waals surface area (Å²) in [6.45, 7) is 1.35. The summed E-state index contributed by atoms with van der Waals surface area (Å²) in [6.07, 6.45) is 0.599. The van der Waals surface area contributed by atoms with Gasteiger partial charge < -0.3 is 10.6 Å². The first-order valence-corrected chi connectivity index (χ1v) is 8.10. The zero-order valence-corrected chi connectivity index (χ0v) is 13.3. The third kappa shape index (κ3) is 2.80. The van der Waals surface area contributed by atoms with E-state index in [0.29, 0.717) is 19.5 Å². The molecule has 0 bridgehead atoms. The summed E-state index contributed by atoms with van der Waals surface area (Å²) < 4.78 is 1.07. The first-order chi connectivity index (χ1) is 9.63. The van der Waals surface area contributed by atoms with E-state index in [-0.39, 0.29) is 5.91 Å². The highest BCUT2D eigenvalue weighted by Gasteiger charge is 2.27. The number of amides is 1. The third-order valence-corrected chi connectivity index (χ3v) is 5.17. The Balaban J connectivity index is 1.65. The fourth-order valence-electron chi connectivity index (χ4n) is 2.49. The number of rotatable bonds is 3. The molecule has 104 valence electrons. The summed E-state index contributed by atoms with van der Waals surface area (Å²) in [5.74, 6) is 0.0331. The third-order valence-electron chi connectivity index (χ3n) is 3.52. The summed E-state index contributed by atoms with van der Waals surface area (Å²) in [4.78, 5) is 15.4. The molecule has 1 aromatic carbocycles. The molecule has 0 fully saturated rings. The van der Waals surface area contributed by atoms with Gasteiger partial charge in [-0.15, -0.1) is 11.3 Å². The highest BCUT2D eigenvalue weighted by atomic mass is 79.9. The van der Waals surface area contributed by atoms with Crippen LogP contribution in [0.3, 0.4) is 0 Å². The molecule has 0 radical (unpaired) electrons. The number of thiophene rings is 1. The van der Waals surface area contributed by atoms with Crippen molar-refractivity contribution in [2.75, 3.05) is 0 Å². The van der Waals surface area contributed by atoms with Gasteiger partial charge in [-0.1, -0.05) is 24.3 Å². The van der Waals surface area contributed by atoms with Crippen LogP contribution in [0.5, 0.6) is 0 Å². The van der Waals surface area contributed by atoms with Gasteiger partial charge in [-0.25, -0.2) is 0 Å². The summed E-state index contributed by atoms with van der Waals surface area (Å²) in [5.41, 5.74) is 8.53. The number of fused-ring (bicyclic) bond motifs is 1. The maximum atomic E-state index is 12.4. The zero-order chi connectivity index (χ0) is 14.1. The highest BCUT2D eigenvalue weighted by molar-refractivity contribution is 9.11. The topological polar surface area (TPSA) is 46.3 Å². The number of hydrogen-bond donors (Lipinski definition) is 1. The number of nitrogens with two attached hydrogens (primary N) is 1. The standard InChI is InChI=1S/C15H15BrN2OS/c16-14-6-5-12(20-14)7-13(17)15(19)18-8-10-3-1-2-4-11(10)9-18/h1-6,13H,7-9,17H2/t13-/m1/s1. The van der Waals surface area contributed by atoms with E-state index in [4.69, 9.17) is 5.73 Å². The number of halogens is 1. The van der Waals surface area contributed by atoms with Gasteiger partial charge in [0.2, 0.25) is 5.91 Å². The fraction of sp³-hybridized carbons (Fsp3) is 0.267. The quantitative estimate of drug-likeness (QED) is 0.924. The molecule has 0 spiro atoms. The van der Waals surface area contributed by atoms with Crippen molar-refractivity contribution in [1.29, 1.82) is 0 Å². The Morgan fingerprint density at radius 1 is 1.25 bits per heavy atom. The Kier molecular flexibility index (Phi) is 3.92. The Bertz CT molecular complexity index is 615. The van der Waals surface area contributed by atoms with Gasteiger partial charge in [-0.2, -0.15) is 0 Å². The molecule has 1 aliphatic heterocycles. The first kappa shape index (κ1) is 13.8. The van der Waals surface area contributed by atoms with Crippen molar-refractivity contribution in [3.8, 4) is 0 Å². The van der Waals surface area contributed by atoms with Crippen molar-refractivity contribution in [2.24, 2.45) is 5.73 Å². The maximum absolute atomic E-state index is 12.4. The van der Waals surface area contributed by atoms with E-state index >= 15 is 0 Å². The Morgan fingerprint density at radius 2 is 1.90 bits per heavy atom. The second kappa shape index (κ2) is 5.68. The van der Waals surface area contributed by atoms with Crippen molar-refractivity contribution in [3.05, 3.63) is 56.2 Å². The van der Waals surface area contributed by atoms with Crippen molar-refractivity contribution in [2.45, 2.75) is 25.6 Å². The number of nitrogens with zero attached hydrogens (tertiary/aromatic N) is 1. The molecule has 2 heterocycles. The van der Waals surface area contributed by atoms with Crippen LogP contribution in [-0.2, 0) is 24.3 Å². The van der Waals surface area contributed by atoms with E-state index < -0.39 is 6.04 Å². The minimum atomic E-state index is -0.463. The lowest BCUT2D eigenvalue weighted by atomic mass is 10.1. The summed E-state index contributed by atoms with van der Waals surface area (Å²) >= 11 is 5.06. The molecule has 2 aromatic rings. The van der Waals surface area contributed by atoms with Gasteiger partial charge in [0.05, 0.1) is 9.83 Å². The van der Waals surface area contributed by atoms with Gasteiger partial charge in [0.25, 0.3) is 0 Å². The van der Waals surface area contributed by atoms with Crippen molar-refractivity contribution < 1.29 is 4.79 Å². The minimum Gasteiger partial charge on any atom is -0.333 e. The molecular formula is C15H15BrN2OS. The predicted octanol–water partition coefficient (Wildman–Crippen LogP) is 2.92. The molecule has 2 N–H and O–H groups in total. The number of carbonyl (C=O) groups is 1. The lowest BCUT2D eigenvalue weighted by molar-refractivity contribution is -0.133. The van der Waals surface area contributed by atoms with Crippen LogP contribution in [0.2, 0.25) is 0 Å². The first-order valence-electron chi connectivity index (χ1n) is 6.49. The molecule has 5 heteroatoms. The van der Waals surface area contributed by atoms with Crippen LogP contribution < -0.4 is 5.73 Å². The number of benzene rings is 1. The molecule has 1 atom stereocenters. The van der Waals surface area contributed by atoms with Crippen LogP contribution in [0.1, 0.15) is 16.0 Å². The SMILES string of the molecule is N[C@H](Cc1ccc(Br)s1)C(=O)N1Cc2ccccc2C1. The van der Waals surface area contributed by atoms with E-state index in [2.05, 4.69) is 28.1 Å². The molecule has 3 rings (SSSR count). The minimum absolute atomic E-state index is 0.0331. The fourth-order valence-corrected chi connectivity index (χ4v) is 4.03. The van der Waals surface area contributed by atoms with Crippen LogP contribution in [0.15, 0.2) is 40.2 Å². The van der Waals surface area contributed by atoms with Crippen molar-refractivity contribution in [3.63, 3.8) is 0 Å². The number of carbonyl (C=O) groups excluding carboxylic acids is 1. The smallest absolute Gasteiger partial charge is 0.240 e. The second-order valence-electron chi connectivity index (χ2n) is 4.98. The maximum Gasteiger partial charge on any atom is 0.240 e. The molecule has 1 amide bonds. The summed E-state index contributed by atoms with van der Waals surface area (Å²) in [5, 5.41) is 0. The van der Waals surface area contributed by atoms with Crippen LogP contribution in [0, 0.1) is 0 Å². The summed E-state index contributed by atoms with van der Waals surface area (Å²) in [6, 6.07) is 11.7. The molecule has 0 saturated carbocycles. The van der Waals surface area contributed by atoms with Gasteiger partial charge >= 0.3 is 0 Å². The van der Waals surface area contributed by atoms with Gasteiger partial charge in [-0.05, 0) is 39.2 Å². The lowest BCUT2D eigenvalue weighted by Crippen LogP contribution is -2.42. The monoisotopic (exact) mass is 350 g/mol. The average molecular weight is 351 g/mol. The molecule has 1 aromatic heterocycles. The van der Waals surface area contributed by atoms with Gasteiger partial charge in [0.15, 0.2) is 0 Å². The van der Waals surface area contributed by atoms with E-state index in [1.54, 1.807) is 11.3 Å². The van der Waals surface area contributed by atoms with E-state index in [1.807, 2.05) is 29.2 Å². The molecule has 3 nitrogen and oxygen atoms in total. The Hall–Kier alpha value is -1.17. The molecule has 0 saturated heterocycles. The van der Waals surface area contributed by atoms with Crippen molar-refractivity contribution >= 4 is 33.2 Å². The number of hydrogen-bond acceptors (Lipinski definition) is 3. The molecule has 1 aliphatic rings. The van der Waals surface area contributed by atoms with Gasteiger partial charge in [0.1, 0.15) is 0 Å². The Morgan fingerprint density at radius 3 is 2.45 bits per heavy atom.